The number of nitrogens with zero attached hydrogens (tertiary/aromatic N) is 2. The standard InChI is InChI=1S/C15H11ClN2O2S2/c1-10-5-7-13(8-6-10)22(19,20)15-17-14(18-21-15)11-3-2-4-12(16)9-11/h2-9H,1H3. The van der Waals surface area contributed by atoms with Crippen molar-refractivity contribution >= 4 is 33.0 Å². The van der Waals surface area contributed by atoms with Crippen molar-refractivity contribution in [3.63, 3.8) is 0 Å². The van der Waals surface area contributed by atoms with Crippen molar-refractivity contribution in [3.8, 4) is 11.4 Å². The summed E-state index contributed by atoms with van der Waals surface area (Å²) >= 11 is 6.80. The molecule has 0 unspecified atom stereocenters. The maximum Gasteiger partial charge on any atom is 0.235 e. The Morgan fingerprint density at radius 1 is 1.09 bits per heavy atom. The Bertz CT molecular complexity index is 919. The van der Waals surface area contributed by atoms with E-state index in [0.717, 1.165) is 17.1 Å². The Balaban J connectivity index is 2.01. The summed E-state index contributed by atoms with van der Waals surface area (Å²) in [6, 6.07) is 13.7. The normalized spacial score (nSPS) is 11.5. The van der Waals surface area contributed by atoms with Gasteiger partial charge in [0.25, 0.3) is 0 Å². The van der Waals surface area contributed by atoms with Crippen LogP contribution >= 0.6 is 23.1 Å². The van der Waals surface area contributed by atoms with Gasteiger partial charge in [-0.3, -0.25) is 0 Å². The van der Waals surface area contributed by atoms with Gasteiger partial charge in [-0.25, -0.2) is 13.4 Å². The molecule has 0 saturated carbocycles. The lowest BCUT2D eigenvalue weighted by molar-refractivity contribution is 0.595. The molecule has 0 aliphatic heterocycles. The molecular weight excluding hydrogens is 340 g/mol. The number of hydrogen-bond acceptors (Lipinski definition) is 5. The van der Waals surface area contributed by atoms with E-state index in [2.05, 4.69) is 9.36 Å². The summed E-state index contributed by atoms with van der Waals surface area (Å²) in [5.41, 5.74) is 1.69. The van der Waals surface area contributed by atoms with Crippen LogP contribution in [0.2, 0.25) is 5.02 Å². The minimum absolute atomic E-state index is 0.0219. The highest BCUT2D eigenvalue weighted by Crippen LogP contribution is 2.27. The fraction of sp³-hybridized carbons (Fsp3) is 0.0667. The van der Waals surface area contributed by atoms with Gasteiger partial charge in [-0.15, -0.1) is 0 Å². The van der Waals surface area contributed by atoms with Crippen molar-refractivity contribution in [3.05, 3.63) is 59.1 Å². The molecule has 0 aliphatic rings. The molecule has 3 aromatic rings. The van der Waals surface area contributed by atoms with Crippen LogP contribution in [0.15, 0.2) is 57.8 Å². The van der Waals surface area contributed by atoms with Gasteiger partial charge in [0.15, 0.2) is 5.82 Å². The van der Waals surface area contributed by atoms with Crippen molar-refractivity contribution in [2.24, 2.45) is 0 Å². The van der Waals surface area contributed by atoms with Crippen LogP contribution in [0.5, 0.6) is 0 Å². The minimum atomic E-state index is -3.64. The number of halogens is 1. The van der Waals surface area contributed by atoms with Gasteiger partial charge in [0, 0.05) is 10.6 Å². The summed E-state index contributed by atoms with van der Waals surface area (Å²) in [5, 5.41) is 0.551. The van der Waals surface area contributed by atoms with Crippen molar-refractivity contribution in [2.45, 2.75) is 16.2 Å². The number of sulfone groups is 1. The topological polar surface area (TPSA) is 59.9 Å². The Morgan fingerprint density at radius 2 is 1.82 bits per heavy atom. The summed E-state index contributed by atoms with van der Waals surface area (Å²) in [6.45, 7) is 1.90. The number of aryl methyl sites for hydroxylation is 1. The molecule has 0 atom stereocenters. The molecule has 0 saturated heterocycles. The highest BCUT2D eigenvalue weighted by molar-refractivity contribution is 7.93. The number of aromatic nitrogens is 2. The third kappa shape index (κ3) is 2.90. The highest BCUT2D eigenvalue weighted by atomic mass is 35.5. The van der Waals surface area contributed by atoms with E-state index in [1.807, 2.05) is 6.92 Å². The molecule has 112 valence electrons. The maximum absolute atomic E-state index is 12.5. The van der Waals surface area contributed by atoms with E-state index in [1.165, 1.54) is 0 Å². The molecule has 4 nitrogen and oxygen atoms in total. The van der Waals surface area contributed by atoms with Crippen molar-refractivity contribution in [1.29, 1.82) is 0 Å². The minimum Gasteiger partial charge on any atom is -0.216 e. The third-order valence-electron chi connectivity index (χ3n) is 3.05. The summed E-state index contributed by atoms with van der Waals surface area (Å²) in [4.78, 5) is 4.37. The van der Waals surface area contributed by atoms with Gasteiger partial charge in [-0.2, -0.15) is 4.37 Å². The van der Waals surface area contributed by atoms with Crippen molar-refractivity contribution in [2.75, 3.05) is 0 Å². The van der Waals surface area contributed by atoms with Crippen LogP contribution in [-0.4, -0.2) is 17.8 Å². The Labute approximate surface area is 137 Å². The molecule has 22 heavy (non-hydrogen) atoms. The van der Waals surface area contributed by atoms with Crippen LogP contribution in [0.1, 0.15) is 5.56 Å². The molecule has 3 rings (SSSR count). The average Bonchev–Trinajstić information content (AvgIpc) is 2.98. The molecule has 0 amide bonds. The zero-order chi connectivity index (χ0) is 15.7. The molecule has 0 fully saturated rings. The van der Waals surface area contributed by atoms with Crippen LogP contribution in [-0.2, 0) is 9.84 Å². The second-order valence-electron chi connectivity index (χ2n) is 4.71. The lowest BCUT2D eigenvalue weighted by atomic mass is 10.2. The van der Waals surface area contributed by atoms with Gasteiger partial charge < -0.3 is 0 Å². The number of hydrogen-bond donors (Lipinski definition) is 0. The molecule has 2 aromatic carbocycles. The molecule has 7 heteroatoms. The fourth-order valence-electron chi connectivity index (χ4n) is 1.88. The van der Waals surface area contributed by atoms with Crippen LogP contribution < -0.4 is 0 Å². The monoisotopic (exact) mass is 350 g/mol. The second-order valence-corrected chi connectivity index (χ2v) is 8.02. The van der Waals surface area contributed by atoms with E-state index in [0.29, 0.717) is 16.4 Å². The van der Waals surface area contributed by atoms with E-state index in [4.69, 9.17) is 11.6 Å². The van der Waals surface area contributed by atoms with Gasteiger partial charge in [-0.1, -0.05) is 41.4 Å². The Hall–Kier alpha value is -1.76. The highest BCUT2D eigenvalue weighted by Gasteiger charge is 2.23. The van der Waals surface area contributed by atoms with E-state index in [1.54, 1.807) is 48.5 Å². The Morgan fingerprint density at radius 3 is 2.50 bits per heavy atom. The average molecular weight is 351 g/mol. The van der Waals surface area contributed by atoms with Crippen molar-refractivity contribution < 1.29 is 8.42 Å². The van der Waals surface area contributed by atoms with E-state index < -0.39 is 9.84 Å². The summed E-state index contributed by atoms with van der Waals surface area (Å²) < 4.78 is 29.2. The second kappa shape index (κ2) is 5.79. The van der Waals surface area contributed by atoms with Crippen LogP contribution in [0.25, 0.3) is 11.4 Å². The van der Waals surface area contributed by atoms with Crippen molar-refractivity contribution in [1.82, 2.24) is 9.36 Å². The first kappa shape index (κ1) is 15.1. The van der Waals surface area contributed by atoms with Gasteiger partial charge in [0.2, 0.25) is 14.2 Å². The summed E-state index contributed by atoms with van der Waals surface area (Å²) in [7, 11) is -3.64. The van der Waals surface area contributed by atoms with E-state index >= 15 is 0 Å². The first-order valence-electron chi connectivity index (χ1n) is 6.38. The largest absolute Gasteiger partial charge is 0.235 e. The predicted molar refractivity (Wildman–Crippen MR) is 87.0 cm³/mol. The first-order valence-corrected chi connectivity index (χ1v) is 9.02. The third-order valence-corrected chi connectivity index (χ3v) is 6.12. The van der Waals surface area contributed by atoms with Gasteiger partial charge in [0.05, 0.1) is 4.90 Å². The fourth-order valence-corrected chi connectivity index (χ4v) is 4.21. The first-order chi connectivity index (χ1) is 10.5. The summed E-state index contributed by atoms with van der Waals surface area (Å²) in [5.74, 6) is 0.359. The molecule has 0 radical (unpaired) electrons. The SMILES string of the molecule is Cc1ccc(S(=O)(=O)c2nc(-c3cccc(Cl)c3)ns2)cc1. The number of rotatable bonds is 3. The zero-order valence-corrected chi connectivity index (χ0v) is 13.9. The quantitative estimate of drug-likeness (QED) is 0.716. The van der Waals surface area contributed by atoms with Gasteiger partial charge in [0.1, 0.15) is 0 Å². The zero-order valence-electron chi connectivity index (χ0n) is 11.5. The molecule has 1 heterocycles. The van der Waals surface area contributed by atoms with Gasteiger partial charge >= 0.3 is 0 Å². The molecule has 1 aromatic heterocycles. The Kier molecular flexibility index (Phi) is 3.99. The van der Waals surface area contributed by atoms with Crippen LogP contribution in [0.4, 0.5) is 0 Å². The molecule has 0 spiro atoms. The molecular formula is C15H11ClN2O2S2. The smallest absolute Gasteiger partial charge is 0.216 e. The van der Waals surface area contributed by atoms with Gasteiger partial charge in [-0.05, 0) is 42.7 Å². The van der Waals surface area contributed by atoms with E-state index in [9.17, 15) is 8.42 Å². The van der Waals surface area contributed by atoms with Crippen LogP contribution in [0.3, 0.4) is 0 Å². The molecule has 0 bridgehead atoms. The maximum atomic E-state index is 12.5. The molecule has 0 aliphatic carbocycles. The number of benzene rings is 2. The van der Waals surface area contributed by atoms with Crippen LogP contribution in [0, 0.1) is 6.92 Å². The molecule has 0 N–H and O–H groups in total. The summed E-state index contributed by atoms with van der Waals surface area (Å²) in [6.07, 6.45) is 0. The predicted octanol–water partition coefficient (Wildman–Crippen LogP) is 4.00. The van der Waals surface area contributed by atoms with E-state index in [-0.39, 0.29) is 9.24 Å². The lowest BCUT2D eigenvalue weighted by Crippen LogP contribution is -2.01. The lowest BCUT2D eigenvalue weighted by Gasteiger charge is -2.00.